The molecule has 156 valence electrons. The number of nitrogens with zero attached hydrogens (tertiary/aromatic N) is 1. The van der Waals surface area contributed by atoms with Crippen LogP contribution in [0, 0.1) is 0 Å². The second kappa shape index (κ2) is 11.0. The van der Waals surface area contributed by atoms with Crippen molar-refractivity contribution in [3.63, 3.8) is 0 Å². The van der Waals surface area contributed by atoms with Crippen LogP contribution in [0.5, 0.6) is 5.75 Å². The predicted molar refractivity (Wildman–Crippen MR) is 127 cm³/mol. The molecule has 0 aromatic heterocycles. The van der Waals surface area contributed by atoms with Gasteiger partial charge < -0.3 is 9.64 Å². The van der Waals surface area contributed by atoms with Crippen LogP contribution in [0.15, 0.2) is 83.8 Å². The molecule has 0 unspecified atom stereocenters. The van der Waals surface area contributed by atoms with E-state index in [9.17, 15) is 3.89 Å². The Balaban J connectivity index is 2.02. The first-order valence-electron chi connectivity index (χ1n) is 10.2. The average Bonchev–Trinajstić information content (AvgIpc) is 2.78. The van der Waals surface area contributed by atoms with Crippen LogP contribution in [0.2, 0.25) is 0 Å². The Morgan fingerprint density at radius 3 is 1.97 bits per heavy atom. The number of allylic oxidation sites excluding steroid dienone is 1. The zero-order valence-corrected chi connectivity index (χ0v) is 18.6. The summed E-state index contributed by atoms with van der Waals surface area (Å²) in [7, 11) is 4.07. The second-order valence-electron chi connectivity index (χ2n) is 7.35. The normalized spacial score (nSPS) is 12.0. The fourth-order valence-corrected chi connectivity index (χ4v) is 3.66. The lowest BCUT2D eigenvalue weighted by Crippen LogP contribution is -2.19. The maximum Gasteiger partial charge on any atom is 0.119 e. The van der Waals surface area contributed by atoms with Gasteiger partial charge in [0.05, 0.1) is 12.1 Å². The molecule has 0 saturated heterocycles. The quantitative estimate of drug-likeness (QED) is 0.346. The van der Waals surface area contributed by atoms with Gasteiger partial charge in [-0.15, -0.1) is 0 Å². The van der Waals surface area contributed by atoms with E-state index < -0.39 is 0 Å². The highest BCUT2D eigenvalue weighted by Crippen LogP contribution is 2.35. The summed E-state index contributed by atoms with van der Waals surface area (Å²) in [6, 6.07) is 26.4. The fourth-order valence-electron chi connectivity index (χ4n) is 3.42. The van der Waals surface area contributed by atoms with E-state index in [1.165, 1.54) is 16.7 Å². The van der Waals surface area contributed by atoms with E-state index in [4.69, 9.17) is 4.74 Å². The van der Waals surface area contributed by atoms with Crippen LogP contribution >= 0.6 is 12.1 Å². The molecular weight excluding hydrogens is 393 g/mol. The molecule has 0 aliphatic carbocycles. The molecule has 2 nitrogen and oxygen atoms in total. The minimum atomic E-state index is 0.271. The molecule has 0 spiro atoms. The number of hydrogen-bond acceptors (Lipinski definition) is 3. The summed E-state index contributed by atoms with van der Waals surface area (Å²) in [6.45, 7) is 3.70. The zero-order valence-electron chi connectivity index (χ0n) is 17.8. The smallest absolute Gasteiger partial charge is 0.119 e. The highest BCUT2D eigenvalue weighted by molar-refractivity contribution is 7.94. The lowest BCUT2D eigenvalue weighted by Gasteiger charge is -2.17. The SMILES string of the molecule is CC/C(=C(/c1ccc(OCCN(C)C)cc1)c1ccc(SF)cc1)c1ccccc1. The standard InChI is InChI=1S/C26H28FNOS/c1-4-25(20-8-6-5-7-9-20)26(22-12-16-24(30-27)17-13-22)21-10-14-23(15-11-21)29-19-18-28(2)3/h5-17H,4,18-19H2,1-3H3/b26-25+. The summed E-state index contributed by atoms with van der Waals surface area (Å²) in [6.07, 6.45) is 0.889. The molecule has 0 amide bonds. The molecule has 0 heterocycles. The maximum absolute atomic E-state index is 13.0. The van der Waals surface area contributed by atoms with Crippen molar-refractivity contribution in [3.05, 3.63) is 95.6 Å². The van der Waals surface area contributed by atoms with E-state index in [0.717, 1.165) is 29.8 Å². The molecule has 4 heteroatoms. The molecule has 0 bridgehead atoms. The summed E-state index contributed by atoms with van der Waals surface area (Å²) < 4.78 is 18.8. The molecule has 0 aliphatic rings. The average molecular weight is 422 g/mol. The first kappa shape index (κ1) is 22.1. The molecular formula is C26H28FNOS. The second-order valence-corrected chi connectivity index (χ2v) is 7.98. The van der Waals surface area contributed by atoms with Crippen molar-refractivity contribution in [3.8, 4) is 5.75 Å². The predicted octanol–water partition coefficient (Wildman–Crippen LogP) is 6.97. The van der Waals surface area contributed by atoms with E-state index in [2.05, 4.69) is 48.2 Å². The summed E-state index contributed by atoms with van der Waals surface area (Å²) in [5, 5.41) is 0. The first-order chi connectivity index (χ1) is 14.6. The van der Waals surface area contributed by atoms with Crippen molar-refractivity contribution >= 4 is 23.3 Å². The molecule has 0 saturated carbocycles. The summed E-state index contributed by atoms with van der Waals surface area (Å²) >= 11 is 0.271. The monoisotopic (exact) mass is 421 g/mol. The number of ether oxygens (including phenoxy) is 1. The molecule has 3 aromatic rings. The Bertz CT molecular complexity index is 951. The molecule has 0 fully saturated rings. The molecule has 0 aliphatic heterocycles. The van der Waals surface area contributed by atoms with Crippen LogP contribution in [-0.4, -0.2) is 32.1 Å². The number of likely N-dealkylation sites (N-methyl/N-ethyl adjacent to an activating group) is 1. The van der Waals surface area contributed by atoms with Crippen molar-refractivity contribution in [2.75, 3.05) is 27.2 Å². The first-order valence-corrected chi connectivity index (χ1v) is 10.9. The van der Waals surface area contributed by atoms with Crippen molar-refractivity contribution in [1.29, 1.82) is 0 Å². The van der Waals surface area contributed by atoms with Gasteiger partial charge in [-0.05, 0) is 72.6 Å². The van der Waals surface area contributed by atoms with Crippen molar-refractivity contribution in [2.45, 2.75) is 18.2 Å². The molecule has 30 heavy (non-hydrogen) atoms. The van der Waals surface area contributed by atoms with Gasteiger partial charge in [0.15, 0.2) is 0 Å². The Morgan fingerprint density at radius 1 is 0.833 bits per heavy atom. The number of hydrogen-bond donors (Lipinski definition) is 0. The van der Waals surface area contributed by atoms with Gasteiger partial charge in [0, 0.05) is 11.4 Å². The molecule has 0 atom stereocenters. The van der Waals surface area contributed by atoms with Crippen molar-refractivity contribution in [1.82, 2.24) is 4.90 Å². The van der Waals surface area contributed by atoms with E-state index in [1.54, 1.807) is 0 Å². The topological polar surface area (TPSA) is 12.5 Å². The molecule has 3 aromatic carbocycles. The lowest BCUT2D eigenvalue weighted by atomic mass is 9.88. The van der Waals surface area contributed by atoms with Crippen LogP contribution in [0.25, 0.3) is 11.1 Å². The Labute approximate surface area is 183 Å². The van der Waals surface area contributed by atoms with E-state index in [1.807, 2.05) is 56.6 Å². The third-order valence-electron chi connectivity index (χ3n) is 4.96. The van der Waals surface area contributed by atoms with Gasteiger partial charge in [-0.1, -0.05) is 61.5 Å². The van der Waals surface area contributed by atoms with Gasteiger partial charge in [-0.2, -0.15) is 3.89 Å². The Kier molecular flexibility index (Phi) is 8.12. The zero-order chi connectivity index (χ0) is 21.3. The highest BCUT2D eigenvalue weighted by Gasteiger charge is 2.13. The fraction of sp³-hybridized carbons (Fsp3) is 0.231. The van der Waals surface area contributed by atoms with Crippen LogP contribution in [0.4, 0.5) is 3.89 Å². The van der Waals surface area contributed by atoms with Crippen molar-refractivity contribution in [2.24, 2.45) is 0 Å². The lowest BCUT2D eigenvalue weighted by molar-refractivity contribution is 0.261. The molecule has 0 radical (unpaired) electrons. The van der Waals surface area contributed by atoms with Crippen LogP contribution in [0.3, 0.4) is 0 Å². The van der Waals surface area contributed by atoms with Gasteiger partial charge in [-0.25, -0.2) is 0 Å². The van der Waals surface area contributed by atoms with Gasteiger partial charge in [0.25, 0.3) is 0 Å². The maximum atomic E-state index is 13.0. The third kappa shape index (κ3) is 5.74. The van der Waals surface area contributed by atoms with Gasteiger partial charge in [-0.3, -0.25) is 0 Å². The van der Waals surface area contributed by atoms with Gasteiger partial charge in [0.1, 0.15) is 12.4 Å². The molecule has 3 rings (SSSR count). The number of benzene rings is 3. The highest BCUT2D eigenvalue weighted by atomic mass is 32.2. The van der Waals surface area contributed by atoms with Gasteiger partial charge in [0.2, 0.25) is 0 Å². The van der Waals surface area contributed by atoms with Crippen LogP contribution < -0.4 is 4.74 Å². The number of rotatable bonds is 9. The van der Waals surface area contributed by atoms with E-state index in [0.29, 0.717) is 11.5 Å². The largest absolute Gasteiger partial charge is 0.492 e. The summed E-state index contributed by atoms with van der Waals surface area (Å²) in [5.41, 5.74) is 5.83. The van der Waals surface area contributed by atoms with Crippen LogP contribution in [0.1, 0.15) is 30.0 Å². The number of halogens is 1. The van der Waals surface area contributed by atoms with Crippen LogP contribution in [-0.2, 0) is 0 Å². The van der Waals surface area contributed by atoms with Gasteiger partial charge >= 0.3 is 0 Å². The summed E-state index contributed by atoms with van der Waals surface area (Å²) in [5.74, 6) is 0.863. The van der Waals surface area contributed by atoms with E-state index in [-0.39, 0.29) is 12.1 Å². The minimum absolute atomic E-state index is 0.271. The molecule has 0 N–H and O–H groups in total. The minimum Gasteiger partial charge on any atom is -0.492 e. The van der Waals surface area contributed by atoms with Crippen molar-refractivity contribution < 1.29 is 8.62 Å². The Morgan fingerprint density at radius 2 is 1.43 bits per heavy atom. The Hall–Kier alpha value is -2.56. The summed E-state index contributed by atoms with van der Waals surface area (Å²) in [4.78, 5) is 2.71. The third-order valence-corrected chi connectivity index (χ3v) is 5.41. The van der Waals surface area contributed by atoms with E-state index >= 15 is 0 Å².